The molecule has 0 spiro atoms. The third-order valence-corrected chi connectivity index (χ3v) is 5.44. The highest BCUT2D eigenvalue weighted by Gasteiger charge is 2.32. The standard InChI is InChI=1S/C26H35N5O3.C2H6/c1-17(2)21-8-10-22(11-9-21)25(32)30-24-13-14-31(26(24)33)15-18(3)7-12-23(19(4)34-6)29-16-28-20(5)27;1-2/h7-12,16-17,24H,3,13-15H2,1-2,4-6H3,(H,30,32)(H2,27,28,29);1-2H3/b12-7-,23-19-;. The van der Waals surface area contributed by atoms with Crippen molar-refractivity contribution in [3.05, 3.63) is 71.2 Å². The summed E-state index contributed by atoms with van der Waals surface area (Å²) < 4.78 is 5.26. The van der Waals surface area contributed by atoms with E-state index in [2.05, 4.69) is 35.7 Å². The van der Waals surface area contributed by atoms with E-state index in [-0.39, 0.29) is 11.8 Å². The minimum Gasteiger partial charge on any atom is -0.499 e. The highest BCUT2D eigenvalue weighted by atomic mass is 16.5. The Bertz CT molecular complexity index is 1020. The van der Waals surface area contributed by atoms with Gasteiger partial charge in [0.05, 0.1) is 12.9 Å². The summed E-state index contributed by atoms with van der Waals surface area (Å²) in [6.07, 6.45) is 5.44. The van der Waals surface area contributed by atoms with Gasteiger partial charge in [-0.1, -0.05) is 52.5 Å². The molecule has 36 heavy (non-hydrogen) atoms. The molecule has 1 atom stereocenters. The van der Waals surface area contributed by atoms with E-state index in [1.165, 1.54) is 6.34 Å². The Hall–Kier alpha value is -3.68. The van der Waals surface area contributed by atoms with Crippen LogP contribution in [0, 0.1) is 0 Å². The molecule has 1 saturated heterocycles. The molecule has 0 radical (unpaired) electrons. The van der Waals surface area contributed by atoms with Crippen molar-refractivity contribution < 1.29 is 14.3 Å². The number of methoxy groups -OCH3 is 1. The lowest BCUT2D eigenvalue weighted by Gasteiger charge is -2.17. The molecule has 1 unspecified atom stereocenters. The molecular weight excluding hydrogens is 454 g/mol. The molecule has 2 rings (SSSR count). The molecule has 8 nitrogen and oxygen atoms in total. The molecule has 1 fully saturated rings. The van der Waals surface area contributed by atoms with Gasteiger partial charge in [-0.15, -0.1) is 0 Å². The van der Waals surface area contributed by atoms with Gasteiger partial charge in [0.15, 0.2) is 0 Å². The minimum atomic E-state index is -0.540. The van der Waals surface area contributed by atoms with Crippen molar-refractivity contribution in [1.82, 2.24) is 10.2 Å². The van der Waals surface area contributed by atoms with Crippen molar-refractivity contribution in [2.45, 2.75) is 59.9 Å². The van der Waals surface area contributed by atoms with Crippen molar-refractivity contribution in [3.63, 3.8) is 0 Å². The van der Waals surface area contributed by atoms with Crippen LogP contribution in [0.4, 0.5) is 0 Å². The van der Waals surface area contributed by atoms with Crippen LogP contribution in [-0.4, -0.2) is 55.1 Å². The molecule has 196 valence electrons. The lowest BCUT2D eigenvalue weighted by Crippen LogP contribution is -2.41. The minimum absolute atomic E-state index is 0.115. The Morgan fingerprint density at radius 2 is 1.89 bits per heavy atom. The van der Waals surface area contributed by atoms with Crippen molar-refractivity contribution >= 4 is 24.0 Å². The van der Waals surface area contributed by atoms with E-state index in [1.54, 1.807) is 50.1 Å². The summed E-state index contributed by atoms with van der Waals surface area (Å²) in [4.78, 5) is 35.3. The number of carbonyl (C=O) groups excluding carboxylic acids is 2. The normalized spacial score (nSPS) is 16.8. The molecular formula is C28H41N5O3. The van der Waals surface area contributed by atoms with Crippen LogP contribution in [-0.2, 0) is 9.53 Å². The number of benzene rings is 1. The van der Waals surface area contributed by atoms with E-state index in [4.69, 9.17) is 10.5 Å². The average Bonchev–Trinajstić information content (AvgIpc) is 3.20. The van der Waals surface area contributed by atoms with Crippen LogP contribution in [0.1, 0.15) is 69.8 Å². The second kappa shape index (κ2) is 15.3. The molecule has 1 aromatic rings. The molecule has 0 saturated carbocycles. The maximum Gasteiger partial charge on any atom is 0.251 e. The Labute approximate surface area is 215 Å². The lowest BCUT2D eigenvalue weighted by atomic mass is 10.0. The molecule has 1 aromatic carbocycles. The third kappa shape index (κ3) is 9.52. The van der Waals surface area contributed by atoms with Crippen LogP contribution in [0.25, 0.3) is 0 Å². The first-order chi connectivity index (χ1) is 17.1. The fraction of sp³-hybridized carbons (Fsp3) is 0.429. The number of hydrogen-bond acceptors (Lipinski definition) is 4. The number of likely N-dealkylation sites (tertiary alicyclic amines) is 1. The van der Waals surface area contributed by atoms with Crippen LogP contribution in [0.2, 0.25) is 0 Å². The van der Waals surface area contributed by atoms with Crippen LogP contribution >= 0.6 is 0 Å². The topological polar surface area (TPSA) is 109 Å². The number of amides is 2. The molecule has 0 aromatic heterocycles. The van der Waals surface area contributed by atoms with Gasteiger partial charge in [-0.2, -0.15) is 0 Å². The highest BCUT2D eigenvalue weighted by Crippen LogP contribution is 2.17. The number of amidine groups is 1. The summed E-state index contributed by atoms with van der Waals surface area (Å²) in [5.41, 5.74) is 8.52. The molecule has 2 amide bonds. The van der Waals surface area contributed by atoms with Gasteiger partial charge >= 0.3 is 0 Å². The second-order valence-electron chi connectivity index (χ2n) is 8.50. The molecule has 8 heteroatoms. The largest absolute Gasteiger partial charge is 0.499 e. The van der Waals surface area contributed by atoms with Gasteiger partial charge < -0.3 is 20.7 Å². The van der Waals surface area contributed by atoms with Crippen LogP contribution in [0.5, 0.6) is 0 Å². The molecule has 3 N–H and O–H groups in total. The monoisotopic (exact) mass is 495 g/mol. The number of ether oxygens (including phenoxy) is 1. The summed E-state index contributed by atoms with van der Waals surface area (Å²) in [5, 5.41) is 2.86. The number of nitrogens with two attached hydrogens (primary N) is 1. The van der Waals surface area contributed by atoms with Crippen molar-refractivity contribution in [3.8, 4) is 0 Å². The summed E-state index contributed by atoms with van der Waals surface area (Å²) in [6.45, 7) is 16.6. The van der Waals surface area contributed by atoms with Gasteiger partial charge in [-0.25, -0.2) is 9.98 Å². The number of hydrogen-bond donors (Lipinski definition) is 2. The number of nitrogens with one attached hydrogen (secondary N) is 1. The zero-order chi connectivity index (χ0) is 27.3. The van der Waals surface area contributed by atoms with Crippen molar-refractivity contribution in [2.24, 2.45) is 15.7 Å². The fourth-order valence-electron chi connectivity index (χ4n) is 3.32. The van der Waals surface area contributed by atoms with E-state index in [0.29, 0.717) is 48.3 Å². The summed E-state index contributed by atoms with van der Waals surface area (Å²) in [7, 11) is 1.56. The van der Waals surface area contributed by atoms with Gasteiger partial charge in [-0.05, 0) is 55.5 Å². The Morgan fingerprint density at radius 1 is 1.25 bits per heavy atom. The second-order valence-corrected chi connectivity index (χ2v) is 8.50. The molecule has 0 aliphatic carbocycles. The third-order valence-electron chi connectivity index (χ3n) is 5.44. The van der Waals surface area contributed by atoms with Crippen molar-refractivity contribution in [2.75, 3.05) is 20.2 Å². The van der Waals surface area contributed by atoms with Gasteiger partial charge in [0.2, 0.25) is 5.91 Å². The summed E-state index contributed by atoms with van der Waals surface area (Å²) in [6, 6.07) is 6.94. The van der Waals surface area contributed by atoms with Crippen LogP contribution < -0.4 is 11.1 Å². The number of allylic oxidation sites excluding steroid dienone is 2. The van der Waals surface area contributed by atoms with Crippen molar-refractivity contribution in [1.29, 1.82) is 0 Å². The number of aliphatic imine (C=N–C) groups is 2. The Balaban J connectivity index is 0.00000316. The first kappa shape index (κ1) is 30.4. The van der Waals surface area contributed by atoms with E-state index in [9.17, 15) is 9.59 Å². The van der Waals surface area contributed by atoms with Crippen LogP contribution in [0.15, 0.2) is 70.0 Å². The first-order valence-electron chi connectivity index (χ1n) is 12.2. The Morgan fingerprint density at radius 3 is 2.44 bits per heavy atom. The number of carbonyl (C=O) groups is 2. The molecule has 0 bridgehead atoms. The number of nitrogens with zero attached hydrogens (tertiary/aromatic N) is 3. The van der Waals surface area contributed by atoms with E-state index in [1.807, 2.05) is 26.0 Å². The summed E-state index contributed by atoms with van der Waals surface area (Å²) >= 11 is 0. The van der Waals surface area contributed by atoms with Gasteiger partial charge in [0.25, 0.3) is 5.91 Å². The average molecular weight is 496 g/mol. The number of rotatable bonds is 10. The van der Waals surface area contributed by atoms with E-state index < -0.39 is 6.04 Å². The Kier molecular flexibility index (Phi) is 12.9. The first-order valence-corrected chi connectivity index (χ1v) is 12.2. The molecule has 1 heterocycles. The van der Waals surface area contributed by atoms with Gasteiger partial charge in [0.1, 0.15) is 23.8 Å². The summed E-state index contributed by atoms with van der Waals surface area (Å²) in [5.74, 6) is 1.04. The zero-order valence-electron chi connectivity index (χ0n) is 22.7. The van der Waals surface area contributed by atoms with Crippen LogP contribution in [0.3, 0.4) is 0 Å². The zero-order valence-corrected chi connectivity index (χ0v) is 22.7. The predicted molar refractivity (Wildman–Crippen MR) is 148 cm³/mol. The van der Waals surface area contributed by atoms with Gasteiger partial charge in [0, 0.05) is 18.7 Å². The van der Waals surface area contributed by atoms with Gasteiger partial charge in [-0.3, -0.25) is 9.59 Å². The molecule has 1 aliphatic rings. The fourth-order valence-corrected chi connectivity index (χ4v) is 3.32. The van der Waals surface area contributed by atoms with E-state index in [0.717, 1.165) is 11.1 Å². The quantitative estimate of drug-likeness (QED) is 0.215. The maximum atomic E-state index is 12.8. The highest BCUT2D eigenvalue weighted by molar-refractivity contribution is 5.98. The smallest absolute Gasteiger partial charge is 0.251 e. The lowest BCUT2D eigenvalue weighted by molar-refractivity contribution is -0.128. The maximum absolute atomic E-state index is 12.8. The SMILES string of the molecule is C=C(/C=C\C(N=CN=C(C)N)=C(/C)OC)CN1CCC(NC(=O)c2ccc(C(C)C)cc2)C1=O.CC. The predicted octanol–water partition coefficient (Wildman–Crippen LogP) is 4.56. The molecule has 1 aliphatic heterocycles. The van der Waals surface area contributed by atoms with E-state index >= 15 is 0 Å².